The summed E-state index contributed by atoms with van der Waals surface area (Å²) in [6.07, 6.45) is 4.00. The molecule has 1 amide bonds. The van der Waals surface area contributed by atoms with E-state index in [1.807, 2.05) is 24.1 Å². The van der Waals surface area contributed by atoms with E-state index in [0.29, 0.717) is 13.0 Å². The van der Waals surface area contributed by atoms with Crippen molar-refractivity contribution in [2.45, 2.75) is 38.3 Å². The minimum absolute atomic E-state index is 0.0836. The van der Waals surface area contributed by atoms with Crippen molar-refractivity contribution in [2.24, 2.45) is 5.73 Å². The van der Waals surface area contributed by atoms with E-state index in [0.717, 1.165) is 36.8 Å². The highest BCUT2D eigenvalue weighted by Gasteiger charge is 2.22. The van der Waals surface area contributed by atoms with Crippen molar-refractivity contribution in [3.8, 4) is 0 Å². The summed E-state index contributed by atoms with van der Waals surface area (Å²) in [4.78, 5) is 17.7. The normalized spacial score (nSPS) is 17.2. The summed E-state index contributed by atoms with van der Waals surface area (Å²) in [7, 11) is 2.02. The second-order valence-electron chi connectivity index (χ2n) is 5.66. The van der Waals surface area contributed by atoms with Gasteiger partial charge in [-0.2, -0.15) is 0 Å². The van der Waals surface area contributed by atoms with Crippen LogP contribution in [0.3, 0.4) is 0 Å². The Labute approximate surface area is 135 Å². The molecule has 6 heteroatoms. The molecule has 0 spiro atoms. The molecule has 0 radical (unpaired) electrons. The number of halogens is 1. The third-order valence-electron chi connectivity index (χ3n) is 4.05. The molecule has 1 unspecified atom stereocenters. The fraction of sp³-hybridized carbons (Fsp3) is 0.667. The number of likely N-dealkylation sites (N-methyl/N-ethyl adjacent to an activating group) is 1. The fourth-order valence-electron chi connectivity index (χ4n) is 2.70. The Morgan fingerprint density at radius 1 is 1.43 bits per heavy atom. The topological polar surface area (TPSA) is 49.6 Å². The van der Waals surface area contributed by atoms with Crippen molar-refractivity contribution in [1.82, 2.24) is 9.80 Å². The summed E-state index contributed by atoms with van der Waals surface area (Å²) in [5, 5.41) is 0. The smallest absolute Gasteiger partial charge is 0.224 e. The van der Waals surface area contributed by atoms with Gasteiger partial charge in [0.05, 0.1) is 4.34 Å². The van der Waals surface area contributed by atoms with Crippen LogP contribution < -0.4 is 5.73 Å². The van der Waals surface area contributed by atoms with Crippen LogP contribution in [0.15, 0.2) is 12.1 Å². The van der Waals surface area contributed by atoms with Gasteiger partial charge in [-0.25, -0.2) is 0 Å². The number of hydrogen-bond acceptors (Lipinski definition) is 4. The molecule has 1 saturated heterocycles. The van der Waals surface area contributed by atoms with Gasteiger partial charge in [0.15, 0.2) is 0 Å². The molecule has 0 aliphatic carbocycles. The SMILES string of the molecule is CN(Cc1ccc(Cl)s1)C(CN)CC(=O)N1CCCCC1. The zero-order chi connectivity index (χ0) is 15.2. The minimum atomic E-state index is 0.0836. The molecule has 0 aromatic carbocycles. The third kappa shape index (κ3) is 4.95. The Morgan fingerprint density at radius 3 is 2.71 bits per heavy atom. The van der Waals surface area contributed by atoms with Gasteiger partial charge in [-0.05, 0) is 38.4 Å². The van der Waals surface area contributed by atoms with E-state index in [1.54, 1.807) is 11.3 Å². The van der Waals surface area contributed by atoms with Crippen LogP contribution in [0.4, 0.5) is 0 Å². The highest BCUT2D eigenvalue weighted by Crippen LogP contribution is 2.23. The van der Waals surface area contributed by atoms with Gasteiger partial charge in [-0.15, -0.1) is 11.3 Å². The maximum absolute atomic E-state index is 12.4. The lowest BCUT2D eigenvalue weighted by atomic mass is 10.1. The van der Waals surface area contributed by atoms with Gasteiger partial charge in [0.2, 0.25) is 5.91 Å². The van der Waals surface area contributed by atoms with Crippen LogP contribution in [0.25, 0.3) is 0 Å². The zero-order valence-electron chi connectivity index (χ0n) is 12.6. The van der Waals surface area contributed by atoms with Gasteiger partial charge in [0, 0.05) is 43.5 Å². The van der Waals surface area contributed by atoms with Gasteiger partial charge < -0.3 is 10.6 Å². The molecule has 1 aliphatic rings. The highest BCUT2D eigenvalue weighted by molar-refractivity contribution is 7.16. The molecular weight excluding hydrogens is 306 g/mol. The van der Waals surface area contributed by atoms with Crippen molar-refractivity contribution in [3.05, 3.63) is 21.3 Å². The van der Waals surface area contributed by atoms with Crippen LogP contribution in [0.2, 0.25) is 4.34 Å². The van der Waals surface area contributed by atoms with E-state index in [4.69, 9.17) is 17.3 Å². The van der Waals surface area contributed by atoms with E-state index in [2.05, 4.69) is 4.90 Å². The number of piperidine rings is 1. The van der Waals surface area contributed by atoms with Crippen molar-refractivity contribution in [1.29, 1.82) is 0 Å². The first-order valence-electron chi connectivity index (χ1n) is 7.52. The summed E-state index contributed by atoms with van der Waals surface area (Å²) >= 11 is 7.54. The number of carbonyl (C=O) groups excluding carboxylic acids is 1. The molecule has 2 N–H and O–H groups in total. The predicted molar refractivity (Wildman–Crippen MR) is 88.7 cm³/mol. The van der Waals surface area contributed by atoms with Crippen LogP contribution in [-0.2, 0) is 11.3 Å². The first-order chi connectivity index (χ1) is 10.1. The molecule has 21 heavy (non-hydrogen) atoms. The lowest BCUT2D eigenvalue weighted by Gasteiger charge is -2.31. The molecule has 2 heterocycles. The zero-order valence-corrected chi connectivity index (χ0v) is 14.1. The lowest BCUT2D eigenvalue weighted by Crippen LogP contribution is -2.44. The lowest BCUT2D eigenvalue weighted by molar-refractivity contribution is -0.133. The summed E-state index contributed by atoms with van der Waals surface area (Å²) in [5.41, 5.74) is 5.88. The van der Waals surface area contributed by atoms with Crippen LogP contribution in [0.1, 0.15) is 30.6 Å². The van der Waals surface area contributed by atoms with Crippen molar-refractivity contribution < 1.29 is 4.79 Å². The number of rotatable bonds is 6. The number of thiophene rings is 1. The van der Waals surface area contributed by atoms with Crippen molar-refractivity contribution in [3.63, 3.8) is 0 Å². The third-order valence-corrected chi connectivity index (χ3v) is 5.26. The average Bonchev–Trinajstić information content (AvgIpc) is 2.90. The summed E-state index contributed by atoms with van der Waals surface area (Å²) in [6.45, 7) is 3.09. The maximum atomic E-state index is 12.4. The Balaban J connectivity index is 1.87. The van der Waals surface area contributed by atoms with Gasteiger partial charge in [-0.1, -0.05) is 11.6 Å². The van der Waals surface area contributed by atoms with Crippen molar-refractivity contribution in [2.75, 3.05) is 26.7 Å². The number of likely N-dealkylation sites (tertiary alicyclic amines) is 1. The van der Waals surface area contributed by atoms with Gasteiger partial charge in [0.1, 0.15) is 0 Å². The fourth-order valence-corrected chi connectivity index (χ4v) is 3.86. The van der Waals surface area contributed by atoms with E-state index in [1.165, 1.54) is 11.3 Å². The Morgan fingerprint density at radius 2 is 2.14 bits per heavy atom. The molecular formula is C15H24ClN3OS. The Kier molecular flexibility index (Phi) is 6.48. The molecule has 0 saturated carbocycles. The molecule has 1 aromatic rings. The molecule has 1 aliphatic heterocycles. The molecule has 1 atom stereocenters. The minimum Gasteiger partial charge on any atom is -0.343 e. The quantitative estimate of drug-likeness (QED) is 0.872. The molecule has 4 nitrogen and oxygen atoms in total. The van der Waals surface area contributed by atoms with Crippen LogP contribution in [0.5, 0.6) is 0 Å². The van der Waals surface area contributed by atoms with Gasteiger partial charge in [-0.3, -0.25) is 9.69 Å². The summed E-state index contributed by atoms with van der Waals surface area (Å²) in [6, 6.07) is 4.02. The summed E-state index contributed by atoms with van der Waals surface area (Å²) in [5.74, 6) is 0.237. The molecule has 1 fully saturated rings. The predicted octanol–water partition coefficient (Wildman–Crippen LogP) is 2.56. The van der Waals surface area contributed by atoms with Crippen molar-refractivity contribution >= 4 is 28.8 Å². The largest absolute Gasteiger partial charge is 0.343 e. The number of nitrogens with zero attached hydrogens (tertiary/aromatic N) is 2. The van der Waals surface area contributed by atoms with E-state index in [9.17, 15) is 4.79 Å². The maximum Gasteiger partial charge on any atom is 0.224 e. The first-order valence-corrected chi connectivity index (χ1v) is 8.72. The number of nitrogens with two attached hydrogens (primary N) is 1. The average molecular weight is 330 g/mol. The van der Waals surface area contributed by atoms with Gasteiger partial charge in [0.25, 0.3) is 0 Å². The van der Waals surface area contributed by atoms with E-state index < -0.39 is 0 Å². The molecule has 0 bridgehead atoms. The number of hydrogen-bond donors (Lipinski definition) is 1. The number of carbonyl (C=O) groups is 1. The molecule has 118 valence electrons. The summed E-state index contributed by atoms with van der Waals surface area (Å²) < 4.78 is 0.798. The Bertz CT molecular complexity index is 460. The monoisotopic (exact) mass is 329 g/mol. The highest BCUT2D eigenvalue weighted by atomic mass is 35.5. The van der Waals surface area contributed by atoms with E-state index in [-0.39, 0.29) is 11.9 Å². The van der Waals surface area contributed by atoms with E-state index >= 15 is 0 Å². The first kappa shape index (κ1) is 16.7. The molecule has 1 aromatic heterocycles. The second kappa shape index (κ2) is 8.13. The number of amides is 1. The molecule has 2 rings (SSSR count). The van der Waals surface area contributed by atoms with Crippen LogP contribution >= 0.6 is 22.9 Å². The van der Waals surface area contributed by atoms with Crippen LogP contribution in [-0.4, -0.2) is 48.4 Å². The second-order valence-corrected chi connectivity index (χ2v) is 7.46. The van der Waals surface area contributed by atoms with Crippen LogP contribution in [0, 0.1) is 0 Å². The van der Waals surface area contributed by atoms with Gasteiger partial charge >= 0.3 is 0 Å². The Hall–Kier alpha value is -0.620. The standard InChI is InChI=1S/C15H24ClN3OS/c1-18(11-13-5-6-14(16)21-13)12(10-17)9-15(20)19-7-3-2-4-8-19/h5-6,12H,2-4,7-11,17H2,1H3.